The number of halogens is 1. The van der Waals surface area contributed by atoms with Crippen LogP contribution in [-0.4, -0.2) is 41.8 Å². The lowest BCUT2D eigenvalue weighted by Crippen LogP contribution is -2.39. The number of rotatable bonds is 5. The van der Waals surface area contributed by atoms with E-state index >= 15 is 0 Å². The Balaban J connectivity index is 2.65. The molecule has 0 aromatic carbocycles. The number of amides is 2. The normalized spacial score (nSPS) is 10.5. The summed E-state index contributed by atoms with van der Waals surface area (Å²) in [6.45, 7) is 6.40. The molecule has 0 saturated carbocycles. The van der Waals surface area contributed by atoms with Crippen LogP contribution in [0.15, 0.2) is 12.3 Å². The summed E-state index contributed by atoms with van der Waals surface area (Å²) in [4.78, 5) is 29.2. The Morgan fingerprint density at radius 1 is 1.45 bits per heavy atom. The van der Waals surface area contributed by atoms with Gasteiger partial charge in [-0.05, 0) is 18.9 Å². The molecule has 0 spiro atoms. The van der Waals surface area contributed by atoms with Crippen LogP contribution in [0.2, 0.25) is 5.02 Å². The van der Waals surface area contributed by atoms with E-state index in [-0.39, 0.29) is 18.4 Å². The molecule has 0 unspecified atom stereocenters. The Labute approximate surface area is 124 Å². The van der Waals surface area contributed by atoms with E-state index in [1.807, 2.05) is 13.8 Å². The standard InChI is InChI=1S/C14H20ClN3O2/c1-9(2)6-17-13(19)8-18(4)14(20)11-7-16-10(3)5-12(11)15/h5,7,9H,6,8H2,1-4H3,(H,17,19). The summed E-state index contributed by atoms with van der Waals surface area (Å²) in [7, 11) is 1.56. The van der Waals surface area contributed by atoms with Gasteiger partial charge in [-0.1, -0.05) is 25.4 Å². The number of likely N-dealkylation sites (N-methyl/N-ethyl adjacent to an activating group) is 1. The number of nitrogens with one attached hydrogen (secondary N) is 1. The Bertz CT molecular complexity index is 503. The maximum Gasteiger partial charge on any atom is 0.257 e. The molecule has 1 aromatic heterocycles. The molecule has 0 saturated heterocycles. The second kappa shape index (κ2) is 7.24. The van der Waals surface area contributed by atoms with Gasteiger partial charge in [-0.2, -0.15) is 0 Å². The number of pyridine rings is 1. The molecule has 6 heteroatoms. The molecule has 20 heavy (non-hydrogen) atoms. The molecule has 0 aliphatic carbocycles. The third kappa shape index (κ3) is 4.81. The van der Waals surface area contributed by atoms with Crippen molar-refractivity contribution in [2.24, 2.45) is 5.92 Å². The summed E-state index contributed by atoms with van der Waals surface area (Å²) in [5.74, 6) is -0.136. The van der Waals surface area contributed by atoms with E-state index in [0.717, 1.165) is 5.69 Å². The smallest absolute Gasteiger partial charge is 0.257 e. The van der Waals surface area contributed by atoms with E-state index in [0.29, 0.717) is 23.0 Å². The molecule has 0 aliphatic heterocycles. The van der Waals surface area contributed by atoms with E-state index in [1.165, 1.54) is 11.1 Å². The van der Waals surface area contributed by atoms with Crippen LogP contribution < -0.4 is 5.32 Å². The van der Waals surface area contributed by atoms with E-state index in [1.54, 1.807) is 20.0 Å². The summed E-state index contributed by atoms with van der Waals surface area (Å²) in [5.41, 5.74) is 1.04. The number of hydrogen-bond acceptors (Lipinski definition) is 3. The summed E-state index contributed by atoms with van der Waals surface area (Å²) >= 11 is 6.02. The minimum atomic E-state index is -0.317. The molecule has 1 N–H and O–H groups in total. The second-order valence-corrected chi connectivity index (χ2v) is 5.57. The van der Waals surface area contributed by atoms with E-state index < -0.39 is 0 Å². The number of aryl methyl sites for hydroxylation is 1. The van der Waals surface area contributed by atoms with Crippen LogP contribution in [0.5, 0.6) is 0 Å². The van der Waals surface area contributed by atoms with Crippen molar-refractivity contribution in [3.8, 4) is 0 Å². The van der Waals surface area contributed by atoms with E-state index in [9.17, 15) is 9.59 Å². The lowest BCUT2D eigenvalue weighted by Gasteiger charge is -2.18. The topological polar surface area (TPSA) is 62.3 Å². The molecule has 1 rings (SSSR count). The van der Waals surface area contributed by atoms with Gasteiger partial charge in [0, 0.05) is 25.5 Å². The molecule has 0 radical (unpaired) electrons. The largest absolute Gasteiger partial charge is 0.354 e. The van der Waals surface area contributed by atoms with Crippen LogP contribution in [0.3, 0.4) is 0 Å². The van der Waals surface area contributed by atoms with Crippen molar-refractivity contribution in [1.82, 2.24) is 15.2 Å². The van der Waals surface area contributed by atoms with Crippen molar-refractivity contribution in [3.05, 3.63) is 28.5 Å². The Morgan fingerprint density at radius 3 is 2.65 bits per heavy atom. The highest BCUT2D eigenvalue weighted by molar-refractivity contribution is 6.33. The number of carbonyl (C=O) groups excluding carboxylic acids is 2. The second-order valence-electron chi connectivity index (χ2n) is 5.16. The predicted octanol–water partition coefficient (Wildman–Crippen LogP) is 1.89. The van der Waals surface area contributed by atoms with Gasteiger partial charge >= 0.3 is 0 Å². The zero-order valence-electron chi connectivity index (χ0n) is 12.2. The molecule has 110 valence electrons. The lowest BCUT2D eigenvalue weighted by atomic mass is 10.2. The van der Waals surface area contributed by atoms with Gasteiger partial charge in [-0.15, -0.1) is 0 Å². The Hall–Kier alpha value is -1.62. The van der Waals surface area contributed by atoms with Crippen molar-refractivity contribution < 1.29 is 9.59 Å². The highest BCUT2D eigenvalue weighted by Crippen LogP contribution is 2.17. The van der Waals surface area contributed by atoms with Gasteiger partial charge in [0.15, 0.2) is 0 Å². The monoisotopic (exact) mass is 297 g/mol. The van der Waals surface area contributed by atoms with Gasteiger partial charge in [0.1, 0.15) is 0 Å². The SMILES string of the molecule is Cc1cc(Cl)c(C(=O)N(C)CC(=O)NCC(C)C)cn1. The average Bonchev–Trinajstić information content (AvgIpc) is 2.35. The summed E-state index contributed by atoms with van der Waals surface area (Å²) < 4.78 is 0. The molecular weight excluding hydrogens is 278 g/mol. The third-order valence-corrected chi connectivity index (χ3v) is 2.97. The number of carbonyl (C=O) groups is 2. The minimum absolute atomic E-state index is 0.00421. The molecule has 1 heterocycles. The van der Waals surface area contributed by atoms with Gasteiger partial charge in [0.05, 0.1) is 17.1 Å². The quantitative estimate of drug-likeness (QED) is 0.903. The molecule has 0 aliphatic rings. The van der Waals surface area contributed by atoms with Crippen LogP contribution >= 0.6 is 11.6 Å². The summed E-state index contributed by atoms with van der Waals surface area (Å²) in [6, 6.07) is 1.63. The molecule has 0 fully saturated rings. The van der Waals surface area contributed by atoms with Crippen LogP contribution in [0.4, 0.5) is 0 Å². The number of aromatic nitrogens is 1. The van der Waals surface area contributed by atoms with Crippen molar-refractivity contribution >= 4 is 23.4 Å². The first kappa shape index (κ1) is 16.4. The molecule has 1 aromatic rings. The van der Waals surface area contributed by atoms with Crippen LogP contribution in [0, 0.1) is 12.8 Å². The fourth-order valence-corrected chi connectivity index (χ4v) is 1.84. The fraction of sp³-hybridized carbons (Fsp3) is 0.500. The first-order valence-electron chi connectivity index (χ1n) is 6.45. The summed E-state index contributed by atoms with van der Waals surface area (Å²) in [6.07, 6.45) is 1.43. The Kier molecular flexibility index (Phi) is 5.95. The molecule has 0 atom stereocenters. The van der Waals surface area contributed by atoms with Crippen LogP contribution in [0.1, 0.15) is 29.9 Å². The van der Waals surface area contributed by atoms with Crippen molar-refractivity contribution in [2.45, 2.75) is 20.8 Å². The first-order chi connectivity index (χ1) is 9.31. The highest BCUT2D eigenvalue weighted by atomic mass is 35.5. The zero-order chi connectivity index (χ0) is 15.3. The zero-order valence-corrected chi connectivity index (χ0v) is 13.0. The van der Waals surface area contributed by atoms with Crippen molar-refractivity contribution in [1.29, 1.82) is 0 Å². The maximum absolute atomic E-state index is 12.2. The molecule has 0 bridgehead atoms. The minimum Gasteiger partial charge on any atom is -0.354 e. The molecular formula is C14H20ClN3O2. The van der Waals surface area contributed by atoms with Gasteiger partial charge in [0.2, 0.25) is 5.91 Å². The number of nitrogens with zero attached hydrogens (tertiary/aromatic N) is 2. The van der Waals surface area contributed by atoms with Gasteiger partial charge < -0.3 is 10.2 Å². The van der Waals surface area contributed by atoms with Crippen molar-refractivity contribution in [2.75, 3.05) is 20.1 Å². The van der Waals surface area contributed by atoms with Crippen LogP contribution in [-0.2, 0) is 4.79 Å². The van der Waals surface area contributed by atoms with Crippen LogP contribution in [0.25, 0.3) is 0 Å². The lowest BCUT2D eigenvalue weighted by molar-refractivity contribution is -0.121. The summed E-state index contributed by atoms with van der Waals surface area (Å²) in [5, 5.41) is 3.11. The van der Waals surface area contributed by atoms with Gasteiger partial charge in [0.25, 0.3) is 5.91 Å². The maximum atomic E-state index is 12.2. The molecule has 2 amide bonds. The fourth-order valence-electron chi connectivity index (χ4n) is 1.55. The van der Waals surface area contributed by atoms with Gasteiger partial charge in [-0.25, -0.2) is 0 Å². The Morgan fingerprint density at radius 2 is 2.10 bits per heavy atom. The predicted molar refractivity (Wildman–Crippen MR) is 78.8 cm³/mol. The average molecular weight is 298 g/mol. The van der Waals surface area contributed by atoms with E-state index in [2.05, 4.69) is 10.3 Å². The van der Waals surface area contributed by atoms with Crippen molar-refractivity contribution in [3.63, 3.8) is 0 Å². The number of hydrogen-bond donors (Lipinski definition) is 1. The third-order valence-electron chi connectivity index (χ3n) is 2.66. The van der Waals surface area contributed by atoms with E-state index in [4.69, 9.17) is 11.6 Å². The molecule has 5 nitrogen and oxygen atoms in total. The van der Waals surface area contributed by atoms with Gasteiger partial charge in [-0.3, -0.25) is 14.6 Å². The first-order valence-corrected chi connectivity index (χ1v) is 6.83. The highest BCUT2D eigenvalue weighted by Gasteiger charge is 2.18.